The van der Waals surface area contributed by atoms with Gasteiger partial charge in [0.05, 0.1) is 25.8 Å². The molecule has 0 N–H and O–H groups in total. The molecular weight excluding hydrogens is 426 g/mol. The molecule has 6 heteroatoms. The summed E-state index contributed by atoms with van der Waals surface area (Å²) in [6.07, 6.45) is 7.37. The number of piperazine rings is 1. The Hall–Kier alpha value is -2.83. The van der Waals surface area contributed by atoms with Crippen molar-refractivity contribution in [3.05, 3.63) is 65.7 Å². The van der Waals surface area contributed by atoms with E-state index in [2.05, 4.69) is 63.2 Å². The van der Waals surface area contributed by atoms with Crippen LogP contribution in [0.25, 0.3) is 6.08 Å². The molecule has 1 atom stereocenters. The largest absolute Gasteiger partial charge is 0.490 e. The molecular formula is C28H35N3O3. The lowest BCUT2D eigenvalue weighted by Gasteiger charge is -2.35. The maximum absolute atomic E-state index is 13.3. The average Bonchev–Trinajstić information content (AvgIpc) is 3.25. The van der Waals surface area contributed by atoms with Gasteiger partial charge in [-0.15, -0.1) is 0 Å². The fourth-order valence-corrected chi connectivity index (χ4v) is 5.11. The second-order valence-corrected chi connectivity index (χ2v) is 9.39. The number of likely N-dealkylation sites (tertiary alicyclic amines) is 1. The number of hydrogen-bond acceptors (Lipinski definition) is 5. The average molecular weight is 462 g/mol. The third-order valence-electron chi connectivity index (χ3n) is 7.03. The Morgan fingerprint density at radius 3 is 2.47 bits per heavy atom. The molecule has 5 rings (SSSR count). The topological polar surface area (TPSA) is 45.3 Å². The van der Waals surface area contributed by atoms with E-state index in [1.807, 2.05) is 12.1 Å². The van der Waals surface area contributed by atoms with Gasteiger partial charge in [0.2, 0.25) is 5.91 Å². The minimum atomic E-state index is 0.133. The molecule has 2 aromatic rings. The zero-order chi connectivity index (χ0) is 23.2. The molecule has 0 aliphatic carbocycles. The lowest BCUT2D eigenvalue weighted by Crippen LogP contribution is -2.49. The predicted octanol–water partition coefficient (Wildman–Crippen LogP) is 3.84. The van der Waals surface area contributed by atoms with Gasteiger partial charge in [0.25, 0.3) is 0 Å². The van der Waals surface area contributed by atoms with E-state index in [0.29, 0.717) is 19.8 Å². The summed E-state index contributed by atoms with van der Waals surface area (Å²) in [6, 6.07) is 16.7. The summed E-state index contributed by atoms with van der Waals surface area (Å²) in [5.41, 5.74) is 2.39. The highest BCUT2D eigenvalue weighted by Crippen LogP contribution is 2.38. The molecule has 2 aromatic carbocycles. The normalized spacial score (nSPS) is 21.6. The van der Waals surface area contributed by atoms with E-state index in [-0.39, 0.29) is 11.9 Å². The van der Waals surface area contributed by atoms with Crippen LogP contribution in [-0.2, 0) is 4.79 Å². The number of carbonyl (C=O) groups is 1. The number of nitrogens with zero attached hydrogens (tertiary/aromatic N) is 3. The third-order valence-corrected chi connectivity index (χ3v) is 7.03. The van der Waals surface area contributed by atoms with Crippen LogP contribution in [-0.4, -0.2) is 79.6 Å². The quantitative estimate of drug-likeness (QED) is 0.654. The van der Waals surface area contributed by atoms with Gasteiger partial charge in [-0.25, -0.2) is 0 Å². The molecule has 3 aliphatic rings. The molecule has 6 nitrogen and oxygen atoms in total. The number of hydrogen-bond donors (Lipinski definition) is 0. The van der Waals surface area contributed by atoms with E-state index in [0.717, 1.165) is 75.6 Å². The van der Waals surface area contributed by atoms with E-state index < -0.39 is 0 Å². The molecule has 1 amide bonds. The number of amides is 1. The van der Waals surface area contributed by atoms with Crippen molar-refractivity contribution >= 4 is 12.0 Å². The molecule has 0 radical (unpaired) electrons. The van der Waals surface area contributed by atoms with E-state index in [9.17, 15) is 4.79 Å². The third kappa shape index (κ3) is 5.62. The van der Waals surface area contributed by atoms with Gasteiger partial charge in [-0.3, -0.25) is 14.6 Å². The van der Waals surface area contributed by atoms with Crippen LogP contribution < -0.4 is 9.47 Å². The summed E-state index contributed by atoms with van der Waals surface area (Å²) in [5, 5.41) is 0. The van der Waals surface area contributed by atoms with Crippen molar-refractivity contribution in [1.29, 1.82) is 0 Å². The number of rotatable bonds is 6. The van der Waals surface area contributed by atoms with Crippen molar-refractivity contribution in [3.63, 3.8) is 0 Å². The summed E-state index contributed by atoms with van der Waals surface area (Å²) < 4.78 is 11.7. The molecule has 34 heavy (non-hydrogen) atoms. The summed E-state index contributed by atoms with van der Waals surface area (Å²) in [6.45, 7) is 7.54. The van der Waals surface area contributed by atoms with Gasteiger partial charge >= 0.3 is 0 Å². The molecule has 0 saturated carbocycles. The van der Waals surface area contributed by atoms with Gasteiger partial charge in [0.15, 0.2) is 11.5 Å². The molecule has 0 spiro atoms. The first-order chi connectivity index (χ1) is 16.8. The lowest BCUT2D eigenvalue weighted by molar-refractivity contribution is -0.133. The Labute approximate surface area is 202 Å². The van der Waals surface area contributed by atoms with Crippen molar-refractivity contribution in [2.24, 2.45) is 0 Å². The fourth-order valence-electron chi connectivity index (χ4n) is 5.11. The number of benzene rings is 2. The SMILES string of the molecule is O=C(CN1CCN(CC=Cc2ccccc2)CC1)N1CCCC1c1ccc2c(c1)OCCCO2. The Morgan fingerprint density at radius 2 is 1.65 bits per heavy atom. The Morgan fingerprint density at radius 1 is 0.882 bits per heavy atom. The summed E-state index contributed by atoms with van der Waals surface area (Å²) in [5.74, 6) is 1.87. The van der Waals surface area contributed by atoms with E-state index in [4.69, 9.17) is 9.47 Å². The van der Waals surface area contributed by atoms with E-state index in [1.165, 1.54) is 5.56 Å². The first-order valence-corrected chi connectivity index (χ1v) is 12.6. The van der Waals surface area contributed by atoms with Gasteiger partial charge in [0.1, 0.15) is 0 Å². The monoisotopic (exact) mass is 461 g/mol. The first-order valence-electron chi connectivity index (χ1n) is 12.6. The van der Waals surface area contributed by atoms with Gasteiger partial charge in [-0.1, -0.05) is 48.6 Å². The van der Waals surface area contributed by atoms with E-state index in [1.54, 1.807) is 0 Å². The van der Waals surface area contributed by atoms with Crippen LogP contribution in [0.4, 0.5) is 0 Å². The Kier molecular flexibility index (Phi) is 7.46. The van der Waals surface area contributed by atoms with Crippen molar-refractivity contribution in [3.8, 4) is 11.5 Å². The second kappa shape index (κ2) is 11.1. The van der Waals surface area contributed by atoms with Crippen LogP contribution >= 0.6 is 0 Å². The molecule has 2 fully saturated rings. The highest BCUT2D eigenvalue weighted by molar-refractivity contribution is 5.79. The standard InChI is InChI=1S/C28H35N3O3/c32-28(22-30-17-15-29(16-18-30)13-4-9-23-7-2-1-3-8-23)31-14-5-10-25(31)24-11-12-26-27(21-24)34-20-6-19-33-26/h1-4,7-9,11-12,21,25H,5-6,10,13-20,22H2. The van der Waals surface area contributed by atoms with Crippen LogP contribution in [0.3, 0.4) is 0 Å². The zero-order valence-electron chi connectivity index (χ0n) is 19.9. The van der Waals surface area contributed by atoms with Crippen LogP contribution in [0.2, 0.25) is 0 Å². The lowest BCUT2D eigenvalue weighted by atomic mass is 10.0. The predicted molar refractivity (Wildman–Crippen MR) is 134 cm³/mol. The fraction of sp³-hybridized carbons (Fsp3) is 0.464. The maximum Gasteiger partial charge on any atom is 0.237 e. The molecule has 180 valence electrons. The molecule has 3 heterocycles. The van der Waals surface area contributed by atoms with E-state index >= 15 is 0 Å². The summed E-state index contributed by atoms with van der Waals surface area (Å²) in [4.78, 5) is 20.1. The number of fused-ring (bicyclic) bond motifs is 1. The Bertz CT molecular complexity index is 986. The maximum atomic E-state index is 13.3. The summed E-state index contributed by atoms with van der Waals surface area (Å²) >= 11 is 0. The highest BCUT2D eigenvalue weighted by Gasteiger charge is 2.32. The van der Waals surface area contributed by atoms with Crippen molar-refractivity contribution in [1.82, 2.24) is 14.7 Å². The summed E-state index contributed by atoms with van der Waals surface area (Å²) in [7, 11) is 0. The van der Waals surface area contributed by atoms with Gasteiger partial charge in [-0.05, 0) is 36.1 Å². The highest BCUT2D eigenvalue weighted by atomic mass is 16.5. The zero-order valence-corrected chi connectivity index (χ0v) is 19.9. The molecule has 1 unspecified atom stereocenters. The minimum Gasteiger partial charge on any atom is -0.490 e. The first kappa shape index (κ1) is 22.9. The van der Waals surface area contributed by atoms with Crippen molar-refractivity contribution in [2.75, 3.05) is 59.0 Å². The van der Waals surface area contributed by atoms with Gasteiger partial charge in [-0.2, -0.15) is 0 Å². The molecule has 3 aliphatic heterocycles. The van der Waals surface area contributed by atoms with Crippen LogP contribution in [0, 0.1) is 0 Å². The van der Waals surface area contributed by atoms with Crippen molar-refractivity contribution in [2.45, 2.75) is 25.3 Å². The van der Waals surface area contributed by atoms with Crippen LogP contribution in [0.15, 0.2) is 54.6 Å². The number of carbonyl (C=O) groups excluding carboxylic acids is 1. The molecule has 0 bridgehead atoms. The smallest absolute Gasteiger partial charge is 0.237 e. The molecule has 0 aromatic heterocycles. The van der Waals surface area contributed by atoms with Gasteiger partial charge in [0, 0.05) is 45.7 Å². The second-order valence-electron chi connectivity index (χ2n) is 9.39. The minimum absolute atomic E-state index is 0.133. The van der Waals surface area contributed by atoms with Gasteiger partial charge < -0.3 is 14.4 Å². The molecule has 2 saturated heterocycles. The van der Waals surface area contributed by atoms with Crippen LogP contribution in [0.5, 0.6) is 11.5 Å². The van der Waals surface area contributed by atoms with Crippen LogP contribution in [0.1, 0.15) is 36.4 Å². The number of ether oxygens (including phenoxy) is 2. The Balaban J connectivity index is 1.12. The van der Waals surface area contributed by atoms with Crippen molar-refractivity contribution < 1.29 is 14.3 Å².